The largest absolute Gasteiger partial charge is 0.496 e. The van der Waals surface area contributed by atoms with Crippen LogP contribution in [0.4, 0.5) is 5.82 Å². The molecule has 1 atom stereocenters. The molecule has 10 nitrogen and oxygen atoms in total. The minimum Gasteiger partial charge on any atom is -0.496 e. The molecule has 2 aromatic heterocycles. The van der Waals surface area contributed by atoms with E-state index in [0.717, 1.165) is 12.1 Å². The summed E-state index contributed by atoms with van der Waals surface area (Å²) in [5, 5.41) is 8.57. The molecule has 156 valence electrons. The molecule has 4 rings (SSSR count). The number of nitrogens with zero attached hydrogens (tertiary/aromatic N) is 4. The molecule has 1 saturated heterocycles. The van der Waals surface area contributed by atoms with Crippen molar-refractivity contribution >= 4 is 26.8 Å². The first-order valence-corrected chi connectivity index (χ1v) is 10.8. The normalized spacial score (nSPS) is 18.2. The van der Waals surface area contributed by atoms with Crippen LogP contribution in [0.5, 0.6) is 5.75 Å². The summed E-state index contributed by atoms with van der Waals surface area (Å²) in [6.45, 7) is 2.38. The second-order valence-electron chi connectivity index (χ2n) is 7.04. The highest BCUT2D eigenvalue weighted by Crippen LogP contribution is 2.34. The number of anilines is 1. The van der Waals surface area contributed by atoms with E-state index in [1.54, 1.807) is 16.9 Å². The SMILES string of the molecule is COc1cc(Cn2cccn2)cc2onc(NS(=O)(=O)CC3CN(C)CCO3)c12. The average Bonchev–Trinajstić information content (AvgIpc) is 3.31. The van der Waals surface area contributed by atoms with Gasteiger partial charge in [-0.2, -0.15) is 5.10 Å². The zero-order valence-electron chi connectivity index (χ0n) is 16.2. The van der Waals surface area contributed by atoms with Crippen LogP contribution in [0.15, 0.2) is 35.1 Å². The molecule has 0 bridgehead atoms. The number of fused-ring (bicyclic) bond motifs is 1. The zero-order chi connectivity index (χ0) is 20.4. The Morgan fingerprint density at radius 3 is 2.97 bits per heavy atom. The maximum Gasteiger partial charge on any atom is 0.236 e. The van der Waals surface area contributed by atoms with Gasteiger partial charge in [0.1, 0.15) is 11.1 Å². The molecule has 0 radical (unpaired) electrons. The van der Waals surface area contributed by atoms with Gasteiger partial charge in [0, 0.05) is 25.5 Å². The van der Waals surface area contributed by atoms with Gasteiger partial charge in [-0.3, -0.25) is 9.40 Å². The summed E-state index contributed by atoms with van der Waals surface area (Å²) >= 11 is 0. The Kier molecular flexibility index (Phi) is 5.43. The second kappa shape index (κ2) is 8.01. The number of rotatable bonds is 7. The summed E-state index contributed by atoms with van der Waals surface area (Å²) < 4.78 is 46.0. The Morgan fingerprint density at radius 2 is 2.24 bits per heavy atom. The molecule has 0 spiro atoms. The number of likely N-dealkylation sites (N-methyl/N-ethyl adjacent to an activating group) is 1. The standard InChI is InChI=1S/C18H23N5O5S/c1-22-6-7-27-14(11-22)12-29(24,25)21-18-17-15(26-2)8-13(9-16(17)28-20-18)10-23-5-3-4-19-23/h3-5,8-9,14H,6-7,10-12H2,1-2H3,(H,20,21). The molecule has 3 heterocycles. The van der Waals surface area contributed by atoms with Gasteiger partial charge in [0.2, 0.25) is 10.0 Å². The van der Waals surface area contributed by atoms with Crippen molar-refractivity contribution in [3.8, 4) is 5.75 Å². The number of ether oxygens (including phenoxy) is 2. The van der Waals surface area contributed by atoms with E-state index in [2.05, 4.69) is 15.0 Å². The van der Waals surface area contributed by atoms with Gasteiger partial charge in [-0.15, -0.1) is 0 Å². The highest BCUT2D eigenvalue weighted by atomic mass is 32.2. The molecule has 3 aromatic rings. The van der Waals surface area contributed by atoms with Crippen molar-refractivity contribution in [2.45, 2.75) is 12.6 Å². The molecule has 1 aliphatic rings. The van der Waals surface area contributed by atoms with E-state index < -0.39 is 16.1 Å². The highest BCUT2D eigenvalue weighted by molar-refractivity contribution is 7.92. The van der Waals surface area contributed by atoms with E-state index in [9.17, 15) is 8.42 Å². The second-order valence-corrected chi connectivity index (χ2v) is 8.81. The van der Waals surface area contributed by atoms with E-state index in [4.69, 9.17) is 14.0 Å². The Hall–Kier alpha value is -2.63. The van der Waals surface area contributed by atoms with Crippen molar-refractivity contribution in [3.05, 3.63) is 36.2 Å². The van der Waals surface area contributed by atoms with Gasteiger partial charge < -0.3 is 18.9 Å². The van der Waals surface area contributed by atoms with E-state index >= 15 is 0 Å². The lowest BCUT2D eigenvalue weighted by Crippen LogP contribution is -2.44. The third-order valence-corrected chi connectivity index (χ3v) is 6.04. The lowest BCUT2D eigenvalue weighted by molar-refractivity contribution is -0.00675. The fraction of sp³-hybridized carbons (Fsp3) is 0.444. The molecule has 29 heavy (non-hydrogen) atoms. The number of nitrogens with one attached hydrogen (secondary N) is 1. The molecule has 0 saturated carbocycles. The number of aromatic nitrogens is 3. The van der Waals surface area contributed by atoms with Gasteiger partial charge in [-0.25, -0.2) is 8.42 Å². The van der Waals surface area contributed by atoms with Crippen LogP contribution in [0.25, 0.3) is 11.0 Å². The first-order valence-electron chi connectivity index (χ1n) is 9.18. The molecule has 1 aromatic carbocycles. The van der Waals surface area contributed by atoms with Crippen molar-refractivity contribution in [2.75, 3.05) is 44.3 Å². The Bertz CT molecular complexity index is 1080. The lowest BCUT2D eigenvalue weighted by atomic mass is 10.1. The van der Waals surface area contributed by atoms with Crippen molar-refractivity contribution in [2.24, 2.45) is 0 Å². The molecule has 1 N–H and O–H groups in total. The molecule has 11 heteroatoms. The van der Waals surface area contributed by atoms with Crippen LogP contribution in [0.2, 0.25) is 0 Å². The summed E-state index contributed by atoms with van der Waals surface area (Å²) in [5.41, 5.74) is 1.32. The number of hydrogen-bond donors (Lipinski definition) is 1. The van der Waals surface area contributed by atoms with Crippen LogP contribution >= 0.6 is 0 Å². The Balaban J connectivity index is 1.57. The molecular weight excluding hydrogens is 398 g/mol. The number of methoxy groups -OCH3 is 1. The molecule has 1 aliphatic heterocycles. The molecular formula is C18H23N5O5S. The van der Waals surface area contributed by atoms with Crippen molar-refractivity contribution < 1.29 is 22.4 Å². The van der Waals surface area contributed by atoms with E-state index in [1.807, 2.05) is 30.3 Å². The zero-order valence-corrected chi connectivity index (χ0v) is 17.1. The fourth-order valence-corrected chi connectivity index (χ4v) is 4.60. The molecule has 1 unspecified atom stereocenters. The van der Waals surface area contributed by atoms with Crippen LogP contribution in [0.3, 0.4) is 0 Å². The summed E-state index contributed by atoms with van der Waals surface area (Å²) in [7, 11) is -0.235. The van der Waals surface area contributed by atoms with Crippen LogP contribution in [0.1, 0.15) is 5.56 Å². The van der Waals surface area contributed by atoms with Gasteiger partial charge >= 0.3 is 0 Å². The molecule has 0 amide bonds. The van der Waals surface area contributed by atoms with Crippen LogP contribution in [-0.2, 0) is 21.3 Å². The predicted octanol–water partition coefficient (Wildman–Crippen LogP) is 1.15. The summed E-state index contributed by atoms with van der Waals surface area (Å²) in [5.74, 6) is 0.412. The summed E-state index contributed by atoms with van der Waals surface area (Å²) in [6, 6.07) is 5.45. The maximum absolute atomic E-state index is 12.7. The Labute approximate surface area is 168 Å². The highest BCUT2D eigenvalue weighted by Gasteiger charge is 2.26. The van der Waals surface area contributed by atoms with Crippen LogP contribution in [0, 0.1) is 0 Å². The lowest BCUT2D eigenvalue weighted by Gasteiger charge is -2.29. The first-order chi connectivity index (χ1) is 13.9. The van der Waals surface area contributed by atoms with E-state index in [-0.39, 0.29) is 11.6 Å². The topological polar surface area (TPSA) is 112 Å². The minimum atomic E-state index is -3.69. The van der Waals surface area contributed by atoms with Crippen molar-refractivity contribution in [1.29, 1.82) is 0 Å². The monoisotopic (exact) mass is 421 g/mol. The van der Waals surface area contributed by atoms with E-state index in [0.29, 0.717) is 36.4 Å². The van der Waals surface area contributed by atoms with Crippen LogP contribution in [-0.4, -0.2) is 74.0 Å². The number of morpholine rings is 1. The number of sulfonamides is 1. The van der Waals surface area contributed by atoms with E-state index in [1.165, 1.54) is 7.11 Å². The van der Waals surface area contributed by atoms with Gasteiger partial charge in [-0.05, 0) is 30.8 Å². The Morgan fingerprint density at radius 1 is 1.38 bits per heavy atom. The third kappa shape index (κ3) is 4.52. The smallest absolute Gasteiger partial charge is 0.236 e. The number of benzene rings is 1. The number of hydrogen-bond acceptors (Lipinski definition) is 8. The van der Waals surface area contributed by atoms with Crippen molar-refractivity contribution in [1.82, 2.24) is 19.8 Å². The quantitative estimate of drug-likeness (QED) is 0.605. The van der Waals surface area contributed by atoms with Gasteiger partial charge in [0.05, 0.1) is 32.1 Å². The fourth-order valence-electron chi connectivity index (χ4n) is 3.39. The maximum atomic E-state index is 12.7. The third-order valence-electron chi connectivity index (χ3n) is 4.72. The van der Waals surface area contributed by atoms with Gasteiger partial charge in [-0.1, -0.05) is 5.16 Å². The van der Waals surface area contributed by atoms with Gasteiger partial charge in [0.15, 0.2) is 11.4 Å². The first kappa shape index (κ1) is 19.7. The molecule has 1 fully saturated rings. The average molecular weight is 421 g/mol. The summed E-state index contributed by atoms with van der Waals surface area (Å²) in [6.07, 6.45) is 3.15. The minimum absolute atomic E-state index is 0.103. The predicted molar refractivity (Wildman–Crippen MR) is 107 cm³/mol. The molecule has 0 aliphatic carbocycles. The summed E-state index contributed by atoms with van der Waals surface area (Å²) in [4.78, 5) is 2.04. The van der Waals surface area contributed by atoms with Crippen molar-refractivity contribution in [3.63, 3.8) is 0 Å². The van der Waals surface area contributed by atoms with Gasteiger partial charge in [0.25, 0.3) is 0 Å². The van der Waals surface area contributed by atoms with Crippen LogP contribution < -0.4 is 9.46 Å².